The molecular formula is C16H27ClN2O2S. The lowest BCUT2D eigenvalue weighted by Gasteiger charge is -2.29. The summed E-state index contributed by atoms with van der Waals surface area (Å²) >= 11 is 1.54. The molecule has 0 unspecified atom stereocenters. The Kier molecular flexibility index (Phi) is 9.56. The van der Waals surface area contributed by atoms with Crippen LogP contribution in [-0.4, -0.2) is 43.3 Å². The van der Waals surface area contributed by atoms with Crippen LogP contribution in [0, 0.1) is 5.41 Å². The zero-order chi connectivity index (χ0) is 15.9. The number of nitrogens with two attached hydrogens (primary N) is 1. The Balaban J connectivity index is 0.00000441. The number of carbonyl (C=O) groups is 1. The second-order valence-corrected chi connectivity index (χ2v) is 6.86. The molecule has 0 saturated carbocycles. The lowest BCUT2D eigenvalue weighted by atomic mass is 9.93. The maximum atomic E-state index is 12.1. The molecular weight excluding hydrogens is 320 g/mol. The van der Waals surface area contributed by atoms with E-state index in [4.69, 9.17) is 10.5 Å². The first-order chi connectivity index (χ1) is 9.88. The Morgan fingerprint density at radius 2 is 1.91 bits per heavy atom. The van der Waals surface area contributed by atoms with Gasteiger partial charge in [0.05, 0.1) is 12.4 Å². The highest BCUT2D eigenvalue weighted by Gasteiger charge is 2.21. The van der Waals surface area contributed by atoms with E-state index in [1.165, 1.54) is 11.8 Å². The van der Waals surface area contributed by atoms with Gasteiger partial charge in [0.2, 0.25) is 5.91 Å². The molecule has 1 amide bonds. The average molecular weight is 347 g/mol. The first-order valence-corrected chi connectivity index (χ1v) is 8.16. The van der Waals surface area contributed by atoms with Gasteiger partial charge in [-0.05, 0) is 43.1 Å². The predicted molar refractivity (Wildman–Crippen MR) is 96.1 cm³/mol. The van der Waals surface area contributed by atoms with Gasteiger partial charge in [-0.25, -0.2) is 0 Å². The van der Waals surface area contributed by atoms with Gasteiger partial charge >= 0.3 is 0 Å². The van der Waals surface area contributed by atoms with Crippen LogP contribution in [0.25, 0.3) is 0 Å². The van der Waals surface area contributed by atoms with Gasteiger partial charge in [-0.2, -0.15) is 0 Å². The Hall–Kier alpha value is -0.910. The molecule has 22 heavy (non-hydrogen) atoms. The van der Waals surface area contributed by atoms with Crippen molar-refractivity contribution in [2.24, 2.45) is 11.1 Å². The van der Waals surface area contributed by atoms with Crippen molar-refractivity contribution in [3.05, 3.63) is 24.3 Å². The van der Waals surface area contributed by atoms with E-state index in [0.717, 1.165) is 10.6 Å². The zero-order valence-corrected chi connectivity index (χ0v) is 15.4. The van der Waals surface area contributed by atoms with Gasteiger partial charge in [0.15, 0.2) is 0 Å². The van der Waals surface area contributed by atoms with Crippen molar-refractivity contribution in [2.75, 3.05) is 32.5 Å². The standard InChI is InChI=1S/C16H26N2O2S.ClH/c1-5-20-13-6-8-14(9-7-13)21-10-15(19)18(4)12-16(2,3)11-17;/h6-9H,5,10-12,17H2,1-4H3;1H. The number of hydrogen-bond donors (Lipinski definition) is 1. The van der Waals surface area contributed by atoms with E-state index in [9.17, 15) is 4.79 Å². The summed E-state index contributed by atoms with van der Waals surface area (Å²) in [4.78, 5) is 14.9. The van der Waals surface area contributed by atoms with Gasteiger partial charge in [-0.1, -0.05) is 13.8 Å². The number of ether oxygens (including phenoxy) is 1. The fraction of sp³-hybridized carbons (Fsp3) is 0.562. The third-order valence-electron chi connectivity index (χ3n) is 3.14. The third kappa shape index (κ3) is 7.38. The fourth-order valence-corrected chi connectivity index (χ4v) is 2.69. The number of rotatable bonds is 8. The molecule has 0 radical (unpaired) electrons. The summed E-state index contributed by atoms with van der Waals surface area (Å²) in [6, 6.07) is 7.81. The molecule has 0 heterocycles. The maximum absolute atomic E-state index is 12.1. The molecule has 1 aromatic rings. The highest BCUT2D eigenvalue weighted by Crippen LogP contribution is 2.22. The van der Waals surface area contributed by atoms with Crippen molar-refractivity contribution in [3.8, 4) is 5.75 Å². The number of carbonyl (C=O) groups excluding carboxylic acids is 1. The van der Waals surface area contributed by atoms with E-state index in [2.05, 4.69) is 13.8 Å². The Bertz CT molecular complexity index is 452. The van der Waals surface area contributed by atoms with Crippen LogP contribution in [-0.2, 0) is 4.79 Å². The second kappa shape index (κ2) is 9.98. The van der Waals surface area contributed by atoms with E-state index >= 15 is 0 Å². The number of halogens is 1. The number of nitrogens with zero attached hydrogens (tertiary/aromatic N) is 1. The summed E-state index contributed by atoms with van der Waals surface area (Å²) in [6.45, 7) is 7.99. The second-order valence-electron chi connectivity index (χ2n) is 5.81. The van der Waals surface area contributed by atoms with Crippen molar-refractivity contribution in [3.63, 3.8) is 0 Å². The molecule has 0 fully saturated rings. The lowest BCUT2D eigenvalue weighted by molar-refractivity contribution is -0.128. The fourth-order valence-electron chi connectivity index (χ4n) is 1.85. The zero-order valence-electron chi connectivity index (χ0n) is 13.8. The van der Waals surface area contributed by atoms with Gasteiger partial charge in [0.1, 0.15) is 5.75 Å². The van der Waals surface area contributed by atoms with Crippen LogP contribution in [0.3, 0.4) is 0 Å². The molecule has 0 aliphatic carbocycles. The maximum Gasteiger partial charge on any atom is 0.232 e. The van der Waals surface area contributed by atoms with Crippen LogP contribution in [0.4, 0.5) is 0 Å². The summed E-state index contributed by atoms with van der Waals surface area (Å²) in [7, 11) is 1.83. The van der Waals surface area contributed by atoms with E-state index in [-0.39, 0.29) is 23.7 Å². The van der Waals surface area contributed by atoms with E-state index in [0.29, 0.717) is 25.4 Å². The minimum Gasteiger partial charge on any atom is -0.494 e. The quantitative estimate of drug-likeness (QED) is 0.735. The molecule has 0 aromatic heterocycles. The van der Waals surface area contributed by atoms with Gasteiger partial charge in [-0.15, -0.1) is 24.2 Å². The normalized spacial score (nSPS) is 10.8. The topological polar surface area (TPSA) is 55.6 Å². The molecule has 0 spiro atoms. The largest absolute Gasteiger partial charge is 0.494 e. The summed E-state index contributed by atoms with van der Waals surface area (Å²) < 4.78 is 5.40. The van der Waals surface area contributed by atoms with Crippen molar-refractivity contribution in [2.45, 2.75) is 25.7 Å². The van der Waals surface area contributed by atoms with Gasteiger partial charge in [0, 0.05) is 18.5 Å². The number of benzene rings is 1. The van der Waals surface area contributed by atoms with Gasteiger partial charge in [0.25, 0.3) is 0 Å². The molecule has 0 atom stereocenters. The highest BCUT2D eigenvalue weighted by molar-refractivity contribution is 8.00. The SMILES string of the molecule is CCOc1ccc(SCC(=O)N(C)CC(C)(C)CN)cc1.Cl. The monoisotopic (exact) mass is 346 g/mol. The molecule has 0 saturated heterocycles. The first-order valence-electron chi connectivity index (χ1n) is 7.17. The van der Waals surface area contributed by atoms with Crippen LogP contribution >= 0.6 is 24.2 Å². The van der Waals surface area contributed by atoms with E-state index in [1.54, 1.807) is 4.90 Å². The molecule has 2 N–H and O–H groups in total. The van der Waals surface area contributed by atoms with Gasteiger partial charge in [-0.3, -0.25) is 4.79 Å². The van der Waals surface area contributed by atoms with Crippen LogP contribution in [0.1, 0.15) is 20.8 Å². The highest BCUT2D eigenvalue weighted by atomic mass is 35.5. The molecule has 0 bridgehead atoms. The minimum atomic E-state index is -0.0474. The predicted octanol–water partition coefficient (Wildman–Crippen LogP) is 3.04. The van der Waals surface area contributed by atoms with Crippen molar-refractivity contribution in [1.82, 2.24) is 4.90 Å². The molecule has 4 nitrogen and oxygen atoms in total. The van der Waals surface area contributed by atoms with Crippen LogP contribution in [0.2, 0.25) is 0 Å². The van der Waals surface area contributed by atoms with Crippen molar-refractivity contribution in [1.29, 1.82) is 0 Å². The summed E-state index contributed by atoms with van der Waals surface area (Å²) in [5, 5.41) is 0. The molecule has 1 rings (SSSR count). The Morgan fingerprint density at radius 3 is 2.41 bits per heavy atom. The third-order valence-corrected chi connectivity index (χ3v) is 4.14. The van der Waals surface area contributed by atoms with Crippen molar-refractivity contribution >= 4 is 30.1 Å². The van der Waals surface area contributed by atoms with E-state index < -0.39 is 0 Å². The van der Waals surface area contributed by atoms with Crippen LogP contribution in [0.15, 0.2) is 29.2 Å². The molecule has 1 aromatic carbocycles. The average Bonchev–Trinajstić information content (AvgIpc) is 2.46. The Labute approximate surface area is 144 Å². The van der Waals surface area contributed by atoms with Crippen LogP contribution < -0.4 is 10.5 Å². The summed E-state index contributed by atoms with van der Waals surface area (Å²) in [5.74, 6) is 1.41. The molecule has 0 aliphatic rings. The number of amides is 1. The number of hydrogen-bond acceptors (Lipinski definition) is 4. The first kappa shape index (κ1) is 21.1. The van der Waals surface area contributed by atoms with Gasteiger partial charge < -0.3 is 15.4 Å². The summed E-state index contributed by atoms with van der Waals surface area (Å²) in [5.41, 5.74) is 5.66. The molecule has 6 heteroatoms. The molecule has 0 aliphatic heterocycles. The lowest BCUT2D eigenvalue weighted by Crippen LogP contribution is -2.40. The van der Waals surface area contributed by atoms with Crippen molar-refractivity contribution < 1.29 is 9.53 Å². The Morgan fingerprint density at radius 1 is 1.32 bits per heavy atom. The van der Waals surface area contributed by atoms with Crippen LogP contribution in [0.5, 0.6) is 5.75 Å². The minimum absolute atomic E-state index is 0. The smallest absolute Gasteiger partial charge is 0.232 e. The summed E-state index contributed by atoms with van der Waals surface area (Å²) in [6.07, 6.45) is 0. The molecule has 126 valence electrons. The number of thioether (sulfide) groups is 1. The van der Waals surface area contributed by atoms with E-state index in [1.807, 2.05) is 38.2 Å².